The minimum Gasteiger partial charge on any atom is -0.508 e. The van der Waals surface area contributed by atoms with Gasteiger partial charge in [0, 0.05) is 6.54 Å². The van der Waals surface area contributed by atoms with Gasteiger partial charge in [-0.2, -0.15) is 0 Å². The van der Waals surface area contributed by atoms with E-state index in [4.69, 9.17) is 5.73 Å². The van der Waals surface area contributed by atoms with Gasteiger partial charge < -0.3 is 5.11 Å². The lowest BCUT2D eigenvalue weighted by molar-refractivity contribution is 0.474. The summed E-state index contributed by atoms with van der Waals surface area (Å²) in [6.07, 6.45) is 0.904. The number of hydrogen-bond donors (Lipinski definition) is 1. The van der Waals surface area contributed by atoms with E-state index in [1.165, 1.54) is 0 Å². The Bertz CT molecular complexity index is 223. The Morgan fingerprint density at radius 2 is 1.91 bits per heavy atom. The van der Waals surface area contributed by atoms with Crippen LogP contribution in [0, 0.1) is 0 Å². The van der Waals surface area contributed by atoms with Crippen molar-refractivity contribution in [2.45, 2.75) is 19.9 Å². The lowest BCUT2D eigenvalue weighted by Crippen LogP contribution is -1.87. The van der Waals surface area contributed by atoms with E-state index in [0.717, 1.165) is 17.5 Å². The maximum atomic E-state index is 9.17. The monoisotopic (exact) mass is 150 g/mol. The Balaban J connectivity index is 3.02. The molecule has 2 heteroatoms. The molecule has 1 aromatic rings. The molecule has 0 spiro atoms. The van der Waals surface area contributed by atoms with Crippen LogP contribution in [-0.4, -0.2) is 5.11 Å². The summed E-state index contributed by atoms with van der Waals surface area (Å²) in [6, 6.07) is 5.32. The average molecular weight is 150 g/mol. The fourth-order valence-electron chi connectivity index (χ4n) is 1.05. The Hall–Kier alpha value is -1.02. The van der Waals surface area contributed by atoms with Crippen molar-refractivity contribution in [2.75, 3.05) is 0 Å². The van der Waals surface area contributed by atoms with Gasteiger partial charge in [-0.05, 0) is 29.7 Å². The van der Waals surface area contributed by atoms with Crippen molar-refractivity contribution in [3.8, 4) is 5.75 Å². The fraction of sp³-hybridized carbons (Fsp3) is 0.333. The molecule has 59 valence electrons. The fourth-order valence-corrected chi connectivity index (χ4v) is 1.05. The summed E-state index contributed by atoms with van der Waals surface area (Å²) in [6.45, 7) is 2.27. The third kappa shape index (κ3) is 1.95. The Morgan fingerprint density at radius 1 is 1.27 bits per heavy atom. The summed E-state index contributed by atoms with van der Waals surface area (Å²) in [5.74, 6) is 0.270. The predicted molar refractivity (Wildman–Crippen MR) is 44.3 cm³/mol. The number of phenolic OH excluding ortho intramolecular Hbond substituents is 1. The smallest absolute Gasteiger partial charge is 0.116 e. The zero-order valence-corrected chi connectivity index (χ0v) is 6.59. The molecule has 11 heavy (non-hydrogen) atoms. The summed E-state index contributed by atoms with van der Waals surface area (Å²) >= 11 is 0. The van der Waals surface area contributed by atoms with Crippen LogP contribution in [0.2, 0.25) is 0 Å². The van der Waals surface area contributed by atoms with E-state index in [1.807, 2.05) is 13.0 Å². The highest BCUT2D eigenvalue weighted by molar-refractivity contribution is 5.33. The van der Waals surface area contributed by atoms with E-state index in [2.05, 4.69) is 0 Å². The second-order valence-electron chi connectivity index (χ2n) is 2.54. The number of nitrogens with one attached hydrogen (secondary N) is 1. The van der Waals surface area contributed by atoms with Crippen molar-refractivity contribution in [1.82, 2.24) is 5.73 Å². The average Bonchev–Trinajstić information content (AvgIpc) is 2.03. The molecule has 0 unspecified atom stereocenters. The van der Waals surface area contributed by atoms with Gasteiger partial charge in [-0.3, -0.25) is 5.73 Å². The Labute approximate surface area is 66.7 Å². The lowest BCUT2D eigenvalue weighted by atomic mass is 10.1. The molecule has 0 bridgehead atoms. The van der Waals surface area contributed by atoms with Crippen LogP contribution in [0.5, 0.6) is 5.75 Å². The highest BCUT2D eigenvalue weighted by Gasteiger charge is 1.96. The van der Waals surface area contributed by atoms with Crippen molar-refractivity contribution in [1.29, 1.82) is 0 Å². The van der Waals surface area contributed by atoms with Gasteiger partial charge in [-0.1, -0.05) is 13.0 Å². The van der Waals surface area contributed by atoms with Crippen molar-refractivity contribution < 1.29 is 5.11 Å². The van der Waals surface area contributed by atoms with Crippen molar-refractivity contribution in [3.63, 3.8) is 0 Å². The van der Waals surface area contributed by atoms with Crippen molar-refractivity contribution >= 4 is 0 Å². The maximum absolute atomic E-state index is 9.17. The Morgan fingerprint density at radius 3 is 2.45 bits per heavy atom. The van der Waals surface area contributed by atoms with Crippen LogP contribution in [0.25, 0.3) is 0 Å². The van der Waals surface area contributed by atoms with Gasteiger partial charge in [-0.15, -0.1) is 0 Å². The van der Waals surface area contributed by atoms with Crippen LogP contribution in [0.3, 0.4) is 0 Å². The van der Waals surface area contributed by atoms with Crippen LogP contribution >= 0.6 is 0 Å². The topological polar surface area (TPSA) is 44.0 Å². The zero-order chi connectivity index (χ0) is 8.27. The number of hydrogen-bond acceptors (Lipinski definition) is 1. The highest BCUT2D eigenvalue weighted by atomic mass is 16.3. The maximum Gasteiger partial charge on any atom is 0.116 e. The van der Waals surface area contributed by atoms with Gasteiger partial charge in [0.1, 0.15) is 5.75 Å². The van der Waals surface area contributed by atoms with Gasteiger partial charge in [-0.25, -0.2) is 0 Å². The first-order valence-electron chi connectivity index (χ1n) is 3.72. The van der Waals surface area contributed by atoms with E-state index in [1.54, 1.807) is 12.1 Å². The van der Waals surface area contributed by atoms with Crippen LogP contribution in [0.1, 0.15) is 18.1 Å². The first-order chi connectivity index (χ1) is 5.26. The highest BCUT2D eigenvalue weighted by Crippen LogP contribution is 2.15. The Kier molecular flexibility index (Phi) is 2.49. The van der Waals surface area contributed by atoms with Crippen LogP contribution in [0.15, 0.2) is 18.2 Å². The number of rotatable bonds is 2. The molecule has 0 saturated carbocycles. The molecule has 0 aliphatic carbocycles. The second-order valence-corrected chi connectivity index (χ2v) is 2.54. The molecule has 0 amide bonds. The van der Waals surface area contributed by atoms with Gasteiger partial charge in [0.2, 0.25) is 0 Å². The summed E-state index contributed by atoms with van der Waals surface area (Å²) < 4.78 is 0. The number of aromatic hydroxyl groups is 1. The molecule has 1 radical (unpaired) electrons. The molecule has 0 aromatic heterocycles. The quantitative estimate of drug-likeness (QED) is 0.685. The van der Waals surface area contributed by atoms with E-state index < -0.39 is 0 Å². The molecule has 0 fully saturated rings. The van der Waals surface area contributed by atoms with Crippen LogP contribution in [-0.2, 0) is 13.0 Å². The minimum absolute atomic E-state index is 0.238. The molecule has 0 aliphatic rings. The second kappa shape index (κ2) is 3.39. The van der Waals surface area contributed by atoms with Gasteiger partial charge >= 0.3 is 0 Å². The molecule has 2 N–H and O–H groups in total. The molecule has 0 heterocycles. The number of benzene rings is 1. The van der Waals surface area contributed by atoms with Crippen LogP contribution < -0.4 is 5.73 Å². The molecule has 2 nitrogen and oxygen atoms in total. The summed E-state index contributed by atoms with van der Waals surface area (Å²) in [7, 11) is 0. The first kappa shape index (κ1) is 8.08. The van der Waals surface area contributed by atoms with Gasteiger partial charge in [0.25, 0.3) is 0 Å². The minimum atomic E-state index is 0.238. The van der Waals surface area contributed by atoms with Crippen molar-refractivity contribution in [3.05, 3.63) is 29.3 Å². The van der Waals surface area contributed by atoms with E-state index in [9.17, 15) is 5.11 Å². The molecule has 0 atom stereocenters. The number of phenols is 1. The third-order valence-electron chi connectivity index (χ3n) is 1.65. The van der Waals surface area contributed by atoms with E-state index in [-0.39, 0.29) is 12.3 Å². The summed E-state index contributed by atoms with van der Waals surface area (Å²) in [5, 5.41) is 9.17. The van der Waals surface area contributed by atoms with Gasteiger partial charge in [0.05, 0.1) is 0 Å². The van der Waals surface area contributed by atoms with E-state index in [0.29, 0.717) is 0 Å². The largest absolute Gasteiger partial charge is 0.508 e. The lowest BCUT2D eigenvalue weighted by Gasteiger charge is -2.01. The van der Waals surface area contributed by atoms with E-state index >= 15 is 0 Å². The summed E-state index contributed by atoms with van der Waals surface area (Å²) in [4.78, 5) is 0. The first-order valence-corrected chi connectivity index (χ1v) is 3.72. The normalized spacial score (nSPS) is 10.0. The summed E-state index contributed by atoms with van der Waals surface area (Å²) in [5.41, 5.74) is 9.07. The molecule has 0 aliphatic heterocycles. The predicted octanol–water partition coefficient (Wildman–Crippen LogP) is 1.74. The molecule has 1 aromatic carbocycles. The molecular formula is C9H12NO. The standard InChI is InChI=1S/C9H12NO/c1-2-7-3-8(6-10)5-9(11)4-7/h3-5,10-11H,2,6H2,1H3. The zero-order valence-electron chi connectivity index (χ0n) is 6.59. The van der Waals surface area contributed by atoms with Crippen molar-refractivity contribution in [2.24, 2.45) is 0 Å². The molecule has 1 rings (SSSR count). The van der Waals surface area contributed by atoms with Gasteiger partial charge in [0.15, 0.2) is 0 Å². The third-order valence-corrected chi connectivity index (χ3v) is 1.65. The number of aryl methyl sites for hydroxylation is 1. The molecular weight excluding hydrogens is 138 g/mol. The van der Waals surface area contributed by atoms with Crippen LogP contribution in [0.4, 0.5) is 0 Å². The SMILES string of the molecule is CCc1cc(O)cc(C[NH])c1. The molecule has 0 saturated heterocycles.